The zero-order valence-corrected chi connectivity index (χ0v) is 10.6. The Morgan fingerprint density at radius 2 is 1.85 bits per heavy atom. The Bertz CT molecular complexity index is 574. The number of benzene rings is 1. The standard InChI is InChI=1S/C13H15N3O4/c17-10-7-20-13(12(19)11(10)18)16-6-9(14-15-16)8-4-2-1-3-5-8/h1-6,10-13,17-19H,7H2/t10-,11+,12-,13-/m1/s1. The van der Waals surface area contributed by atoms with Crippen LogP contribution in [0, 0.1) is 0 Å². The average Bonchev–Trinajstić information content (AvgIpc) is 2.95. The number of nitrogens with zero attached hydrogens (tertiary/aromatic N) is 3. The van der Waals surface area contributed by atoms with Crippen LogP contribution in [-0.4, -0.2) is 55.2 Å². The summed E-state index contributed by atoms with van der Waals surface area (Å²) in [7, 11) is 0. The molecular weight excluding hydrogens is 262 g/mol. The summed E-state index contributed by atoms with van der Waals surface area (Å²) in [5, 5.41) is 36.9. The Hall–Kier alpha value is -1.80. The number of hydrogen-bond donors (Lipinski definition) is 3. The van der Waals surface area contributed by atoms with Crippen LogP contribution >= 0.6 is 0 Å². The largest absolute Gasteiger partial charge is 0.388 e. The van der Waals surface area contributed by atoms with E-state index >= 15 is 0 Å². The molecule has 0 spiro atoms. The second-order valence-electron chi connectivity index (χ2n) is 4.72. The molecular formula is C13H15N3O4. The highest BCUT2D eigenvalue weighted by Crippen LogP contribution is 2.25. The number of aliphatic hydroxyl groups excluding tert-OH is 3. The van der Waals surface area contributed by atoms with E-state index in [-0.39, 0.29) is 6.61 Å². The second-order valence-corrected chi connectivity index (χ2v) is 4.72. The monoisotopic (exact) mass is 277 g/mol. The van der Waals surface area contributed by atoms with Crippen molar-refractivity contribution in [3.8, 4) is 11.3 Å². The molecule has 0 amide bonds. The minimum Gasteiger partial charge on any atom is -0.388 e. The first-order valence-electron chi connectivity index (χ1n) is 6.30. The number of rotatable bonds is 2. The molecule has 1 fully saturated rings. The lowest BCUT2D eigenvalue weighted by Gasteiger charge is -2.34. The molecule has 1 aliphatic heterocycles. The molecule has 3 rings (SSSR count). The molecule has 1 saturated heterocycles. The maximum Gasteiger partial charge on any atom is 0.180 e. The van der Waals surface area contributed by atoms with Gasteiger partial charge in [-0.15, -0.1) is 5.10 Å². The summed E-state index contributed by atoms with van der Waals surface area (Å²) >= 11 is 0. The van der Waals surface area contributed by atoms with Crippen molar-refractivity contribution in [2.75, 3.05) is 6.61 Å². The van der Waals surface area contributed by atoms with E-state index < -0.39 is 24.5 Å². The Morgan fingerprint density at radius 1 is 1.10 bits per heavy atom. The normalized spacial score (nSPS) is 30.4. The molecule has 0 saturated carbocycles. The third-order valence-corrected chi connectivity index (χ3v) is 3.31. The maximum absolute atomic E-state index is 9.92. The van der Waals surface area contributed by atoms with E-state index in [2.05, 4.69) is 10.3 Å². The van der Waals surface area contributed by atoms with Gasteiger partial charge in [0, 0.05) is 5.56 Å². The smallest absolute Gasteiger partial charge is 0.180 e. The molecule has 3 N–H and O–H groups in total. The van der Waals surface area contributed by atoms with Gasteiger partial charge in [0.2, 0.25) is 0 Å². The van der Waals surface area contributed by atoms with E-state index in [0.29, 0.717) is 5.69 Å². The molecule has 2 heterocycles. The van der Waals surface area contributed by atoms with E-state index in [1.54, 1.807) is 6.20 Å². The fourth-order valence-electron chi connectivity index (χ4n) is 2.17. The Morgan fingerprint density at radius 3 is 2.60 bits per heavy atom. The van der Waals surface area contributed by atoms with Crippen LogP contribution in [0.5, 0.6) is 0 Å². The predicted octanol–water partition coefficient (Wildman–Crippen LogP) is -0.443. The molecule has 0 radical (unpaired) electrons. The van der Waals surface area contributed by atoms with Gasteiger partial charge < -0.3 is 20.1 Å². The van der Waals surface area contributed by atoms with E-state index in [1.807, 2.05) is 30.3 Å². The molecule has 0 unspecified atom stereocenters. The number of aromatic nitrogens is 3. The second kappa shape index (κ2) is 5.29. The molecule has 1 aromatic carbocycles. The minimum atomic E-state index is -1.27. The first-order valence-corrected chi connectivity index (χ1v) is 6.30. The quantitative estimate of drug-likeness (QED) is 0.688. The van der Waals surface area contributed by atoms with Gasteiger partial charge in [0.25, 0.3) is 0 Å². The zero-order valence-electron chi connectivity index (χ0n) is 10.6. The molecule has 4 atom stereocenters. The summed E-state index contributed by atoms with van der Waals surface area (Å²) in [5.41, 5.74) is 1.53. The zero-order chi connectivity index (χ0) is 14.1. The lowest BCUT2D eigenvalue weighted by atomic mass is 10.0. The van der Waals surface area contributed by atoms with E-state index in [0.717, 1.165) is 5.56 Å². The number of ether oxygens (including phenoxy) is 1. The van der Waals surface area contributed by atoms with Gasteiger partial charge in [0.1, 0.15) is 24.0 Å². The van der Waals surface area contributed by atoms with Gasteiger partial charge in [-0.25, -0.2) is 4.68 Å². The van der Waals surface area contributed by atoms with Gasteiger partial charge in [-0.2, -0.15) is 0 Å². The first-order chi connectivity index (χ1) is 9.66. The fraction of sp³-hybridized carbons (Fsp3) is 0.385. The molecule has 1 aromatic heterocycles. The van der Waals surface area contributed by atoms with Crippen LogP contribution in [0.1, 0.15) is 6.23 Å². The molecule has 20 heavy (non-hydrogen) atoms. The van der Waals surface area contributed by atoms with Gasteiger partial charge in [0.05, 0.1) is 12.8 Å². The van der Waals surface area contributed by atoms with Crippen molar-refractivity contribution in [3.63, 3.8) is 0 Å². The summed E-state index contributed by atoms with van der Waals surface area (Å²) in [6.07, 6.45) is -2.85. The highest BCUT2D eigenvalue weighted by atomic mass is 16.5. The van der Waals surface area contributed by atoms with Crippen LogP contribution in [0.3, 0.4) is 0 Å². The molecule has 7 nitrogen and oxygen atoms in total. The van der Waals surface area contributed by atoms with Crippen molar-refractivity contribution in [1.82, 2.24) is 15.0 Å². The first kappa shape index (κ1) is 13.2. The van der Waals surface area contributed by atoms with Gasteiger partial charge >= 0.3 is 0 Å². The highest BCUT2D eigenvalue weighted by molar-refractivity contribution is 5.57. The molecule has 7 heteroatoms. The minimum absolute atomic E-state index is 0.0660. The topological polar surface area (TPSA) is 101 Å². The SMILES string of the molecule is O[C@@H]1[C@@H](O)[C@H](n2cc(-c3ccccc3)nn2)OC[C@H]1O. The van der Waals surface area contributed by atoms with Crippen LogP contribution < -0.4 is 0 Å². The molecule has 2 aromatic rings. The molecule has 0 aliphatic carbocycles. The van der Waals surface area contributed by atoms with Crippen molar-refractivity contribution >= 4 is 0 Å². The third kappa shape index (κ3) is 2.32. The van der Waals surface area contributed by atoms with Crippen molar-refractivity contribution in [3.05, 3.63) is 36.5 Å². The lowest BCUT2D eigenvalue weighted by molar-refractivity contribution is -0.214. The van der Waals surface area contributed by atoms with E-state index in [1.165, 1.54) is 4.68 Å². The van der Waals surface area contributed by atoms with Crippen LogP contribution in [0.15, 0.2) is 36.5 Å². The molecule has 1 aliphatic rings. The third-order valence-electron chi connectivity index (χ3n) is 3.31. The average molecular weight is 277 g/mol. The van der Waals surface area contributed by atoms with Crippen LogP contribution in [0.2, 0.25) is 0 Å². The Labute approximate surface area is 115 Å². The van der Waals surface area contributed by atoms with Gasteiger partial charge in [-0.3, -0.25) is 0 Å². The Kier molecular flexibility index (Phi) is 3.49. The molecule has 106 valence electrons. The predicted molar refractivity (Wildman–Crippen MR) is 68.5 cm³/mol. The van der Waals surface area contributed by atoms with Crippen molar-refractivity contribution in [2.24, 2.45) is 0 Å². The van der Waals surface area contributed by atoms with Crippen molar-refractivity contribution in [2.45, 2.75) is 24.5 Å². The fourth-order valence-corrected chi connectivity index (χ4v) is 2.17. The molecule has 0 bridgehead atoms. The van der Waals surface area contributed by atoms with Gasteiger partial charge in [-0.05, 0) is 0 Å². The van der Waals surface area contributed by atoms with Gasteiger partial charge in [0.15, 0.2) is 6.23 Å². The Balaban J connectivity index is 1.84. The maximum atomic E-state index is 9.92. The van der Waals surface area contributed by atoms with Crippen LogP contribution in [0.25, 0.3) is 11.3 Å². The number of hydrogen-bond acceptors (Lipinski definition) is 6. The van der Waals surface area contributed by atoms with E-state index in [9.17, 15) is 15.3 Å². The lowest BCUT2D eigenvalue weighted by Crippen LogP contribution is -2.50. The number of aliphatic hydroxyl groups is 3. The summed E-state index contributed by atoms with van der Waals surface area (Å²) < 4.78 is 6.66. The summed E-state index contributed by atoms with van der Waals surface area (Å²) in [5.74, 6) is 0. The van der Waals surface area contributed by atoms with Crippen molar-refractivity contribution < 1.29 is 20.1 Å². The van der Waals surface area contributed by atoms with Crippen LogP contribution in [0.4, 0.5) is 0 Å². The van der Waals surface area contributed by atoms with E-state index in [4.69, 9.17) is 4.74 Å². The summed E-state index contributed by atoms with van der Waals surface area (Å²) in [6.45, 7) is -0.0660. The summed E-state index contributed by atoms with van der Waals surface area (Å²) in [4.78, 5) is 0. The summed E-state index contributed by atoms with van der Waals surface area (Å²) in [6, 6.07) is 9.47. The highest BCUT2D eigenvalue weighted by Gasteiger charge is 2.39. The van der Waals surface area contributed by atoms with Crippen molar-refractivity contribution in [1.29, 1.82) is 0 Å². The van der Waals surface area contributed by atoms with Gasteiger partial charge in [-0.1, -0.05) is 35.5 Å². The van der Waals surface area contributed by atoms with Crippen LogP contribution in [-0.2, 0) is 4.74 Å².